The Morgan fingerprint density at radius 1 is 0.933 bits per heavy atom. The van der Waals surface area contributed by atoms with Crippen LogP contribution in [0.1, 0.15) is 78.1 Å². The topological polar surface area (TPSA) is 0 Å². The van der Waals surface area contributed by atoms with Crippen molar-refractivity contribution in [2.75, 3.05) is 0 Å². The molecule has 0 heteroatoms. The third-order valence-electron chi connectivity index (χ3n) is 3.16. The molecule has 0 spiro atoms. The van der Waals surface area contributed by atoms with Crippen LogP contribution >= 0.6 is 0 Å². The predicted octanol–water partition coefficient (Wildman–Crippen LogP) is 5.73. The number of rotatable bonds is 11. The molecule has 0 aromatic carbocycles. The summed E-state index contributed by atoms with van der Waals surface area (Å²) in [6.45, 7) is 8.45. The number of allylic oxidation sites excluding steroid dienone is 1. The molecule has 0 heterocycles. The van der Waals surface area contributed by atoms with Gasteiger partial charge in [0.25, 0.3) is 0 Å². The van der Waals surface area contributed by atoms with Gasteiger partial charge < -0.3 is 0 Å². The molecule has 90 valence electrons. The molecule has 0 aliphatic heterocycles. The van der Waals surface area contributed by atoms with Crippen LogP contribution < -0.4 is 0 Å². The van der Waals surface area contributed by atoms with Gasteiger partial charge in [0.15, 0.2) is 0 Å². The summed E-state index contributed by atoms with van der Waals surface area (Å²) in [7, 11) is 0. The molecule has 0 aromatic rings. The number of hydrogen-bond acceptors (Lipinski definition) is 0. The summed E-state index contributed by atoms with van der Waals surface area (Å²) < 4.78 is 0. The molecule has 0 saturated heterocycles. The highest BCUT2D eigenvalue weighted by Crippen LogP contribution is 2.17. The molecular weight excluding hydrogens is 180 g/mol. The molecule has 0 radical (unpaired) electrons. The summed E-state index contributed by atoms with van der Waals surface area (Å²) in [5.41, 5.74) is 0. The van der Waals surface area contributed by atoms with E-state index < -0.39 is 0 Å². The van der Waals surface area contributed by atoms with E-state index in [0.29, 0.717) is 0 Å². The zero-order chi connectivity index (χ0) is 11.4. The summed E-state index contributed by atoms with van der Waals surface area (Å²) in [4.78, 5) is 0. The first kappa shape index (κ1) is 14.7. The van der Waals surface area contributed by atoms with Crippen LogP contribution in [-0.2, 0) is 0 Å². The smallest absolute Gasteiger partial charge is 0.0353 e. The van der Waals surface area contributed by atoms with Crippen molar-refractivity contribution in [1.82, 2.24) is 0 Å². The van der Waals surface area contributed by atoms with Gasteiger partial charge in [-0.2, -0.15) is 0 Å². The summed E-state index contributed by atoms with van der Waals surface area (Å²) in [6, 6.07) is 0. The van der Waals surface area contributed by atoms with E-state index >= 15 is 0 Å². The molecule has 15 heavy (non-hydrogen) atoms. The molecule has 0 aliphatic carbocycles. The van der Waals surface area contributed by atoms with Gasteiger partial charge in [0.2, 0.25) is 0 Å². The van der Waals surface area contributed by atoms with Gasteiger partial charge in [-0.15, -0.1) is 6.58 Å². The Morgan fingerprint density at radius 2 is 1.53 bits per heavy atom. The normalized spacial score (nSPS) is 12.7. The molecule has 0 aromatic heterocycles. The lowest BCUT2D eigenvalue weighted by atomic mass is 9.96. The van der Waals surface area contributed by atoms with Crippen molar-refractivity contribution in [3.8, 4) is 0 Å². The van der Waals surface area contributed by atoms with Crippen molar-refractivity contribution in [1.29, 1.82) is 0 Å². The van der Waals surface area contributed by atoms with Gasteiger partial charge in [0, 0.05) is 0 Å². The quantitative estimate of drug-likeness (QED) is 0.302. The Morgan fingerprint density at radius 3 is 2.13 bits per heavy atom. The fourth-order valence-corrected chi connectivity index (χ4v) is 2.02. The molecule has 1 unspecified atom stereocenters. The summed E-state index contributed by atoms with van der Waals surface area (Å²) in [6.07, 6.45) is 15.9. The van der Waals surface area contributed by atoms with E-state index in [1.807, 2.05) is 6.08 Å². The number of unbranched alkanes of at least 4 members (excludes halogenated alkanes) is 6. The lowest BCUT2D eigenvalue weighted by Gasteiger charge is -2.10. The second kappa shape index (κ2) is 11.8. The molecule has 0 fully saturated rings. The van der Waals surface area contributed by atoms with E-state index in [-0.39, 0.29) is 0 Å². The minimum Gasteiger partial charge on any atom is -0.103 e. The first-order valence-electron chi connectivity index (χ1n) is 6.92. The van der Waals surface area contributed by atoms with E-state index in [1.165, 1.54) is 64.2 Å². The molecule has 0 nitrogen and oxygen atoms in total. The fraction of sp³-hybridized carbons (Fsp3) is 0.867. The van der Waals surface area contributed by atoms with Crippen LogP contribution in [0.25, 0.3) is 0 Å². The standard InChI is InChI=1S/C15H30/c1-4-6-8-10-12-14-15(3)13-11-9-7-5-2/h5,15H,2,4,6-14H2,1,3H3. The third kappa shape index (κ3) is 11.7. The average molecular weight is 210 g/mol. The van der Waals surface area contributed by atoms with Crippen molar-refractivity contribution in [2.45, 2.75) is 78.1 Å². The van der Waals surface area contributed by atoms with Crippen molar-refractivity contribution in [3.05, 3.63) is 12.7 Å². The third-order valence-corrected chi connectivity index (χ3v) is 3.16. The van der Waals surface area contributed by atoms with Crippen LogP contribution in [0, 0.1) is 5.92 Å². The van der Waals surface area contributed by atoms with Crippen LogP contribution in [0.4, 0.5) is 0 Å². The van der Waals surface area contributed by atoms with E-state index in [1.54, 1.807) is 0 Å². The molecule has 0 aliphatic rings. The van der Waals surface area contributed by atoms with Gasteiger partial charge >= 0.3 is 0 Å². The van der Waals surface area contributed by atoms with Gasteiger partial charge in [0.1, 0.15) is 0 Å². The molecule has 0 saturated carbocycles. The fourth-order valence-electron chi connectivity index (χ4n) is 2.02. The first-order valence-corrected chi connectivity index (χ1v) is 6.92. The van der Waals surface area contributed by atoms with Gasteiger partial charge in [0.05, 0.1) is 0 Å². The summed E-state index contributed by atoms with van der Waals surface area (Å²) in [5, 5.41) is 0. The largest absolute Gasteiger partial charge is 0.103 e. The molecule has 0 rings (SSSR count). The van der Waals surface area contributed by atoms with E-state index in [0.717, 1.165) is 5.92 Å². The number of hydrogen-bond donors (Lipinski definition) is 0. The second-order valence-electron chi connectivity index (χ2n) is 4.88. The van der Waals surface area contributed by atoms with Gasteiger partial charge in [-0.05, 0) is 18.8 Å². The zero-order valence-corrected chi connectivity index (χ0v) is 10.9. The van der Waals surface area contributed by atoms with Crippen LogP contribution in [0.5, 0.6) is 0 Å². The Hall–Kier alpha value is -0.260. The van der Waals surface area contributed by atoms with Crippen LogP contribution in [0.15, 0.2) is 12.7 Å². The molecule has 1 atom stereocenters. The zero-order valence-electron chi connectivity index (χ0n) is 10.9. The molecular formula is C15H30. The maximum atomic E-state index is 3.76. The molecule has 0 amide bonds. The van der Waals surface area contributed by atoms with Gasteiger partial charge in [-0.25, -0.2) is 0 Å². The van der Waals surface area contributed by atoms with E-state index in [2.05, 4.69) is 20.4 Å². The minimum atomic E-state index is 0.941. The molecule has 0 bridgehead atoms. The Balaban J connectivity index is 3.11. The van der Waals surface area contributed by atoms with Crippen molar-refractivity contribution in [2.24, 2.45) is 5.92 Å². The summed E-state index contributed by atoms with van der Waals surface area (Å²) in [5.74, 6) is 0.941. The highest BCUT2D eigenvalue weighted by Gasteiger charge is 2.01. The average Bonchev–Trinajstić information content (AvgIpc) is 2.24. The van der Waals surface area contributed by atoms with Crippen molar-refractivity contribution in [3.63, 3.8) is 0 Å². The van der Waals surface area contributed by atoms with E-state index in [4.69, 9.17) is 0 Å². The lowest BCUT2D eigenvalue weighted by molar-refractivity contribution is 0.439. The van der Waals surface area contributed by atoms with Gasteiger partial charge in [-0.1, -0.05) is 71.3 Å². The maximum Gasteiger partial charge on any atom is -0.0353 e. The molecule has 0 N–H and O–H groups in total. The lowest BCUT2D eigenvalue weighted by Crippen LogP contribution is -1.94. The van der Waals surface area contributed by atoms with Crippen LogP contribution in [0.3, 0.4) is 0 Å². The minimum absolute atomic E-state index is 0.941. The summed E-state index contributed by atoms with van der Waals surface area (Å²) >= 11 is 0. The van der Waals surface area contributed by atoms with Crippen LogP contribution in [0.2, 0.25) is 0 Å². The Labute approximate surface area is 97.2 Å². The predicted molar refractivity (Wildman–Crippen MR) is 71.2 cm³/mol. The SMILES string of the molecule is C=CCCCCC(C)CCCCCCC. The highest BCUT2D eigenvalue weighted by atomic mass is 14.1. The van der Waals surface area contributed by atoms with Crippen LogP contribution in [-0.4, -0.2) is 0 Å². The first-order chi connectivity index (χ1) is 7.31. The monoisotopic (exact) mass is 210 g/mol. The highest BCUT2D eigenvalue weighted by molar-refractivity contribution is 4.66. The Bertz CT molecular complexity index is 126. The maximum absolute atomic E-state index is 3.76. The Kier molecular flexibility index (Phi) is 11.6. The van der Waals surface area contributed by atoms with Crippen molar-refractivity contribution < 1.29 is 0 Å². The van der Waals surface area contributed by atoms with Crippen molar-refractivity contribution >= 4 is 0 Å². The second-order valence-corrected chi connectivity index (χ2v) is 4.88. The van der Waals surface area contributed by atoms with Gasteiger partial charge in [-0.3, -0.25) is 0 Å². The van der Waals surface area contributed by atoms with E-state index in [9.17, 15) is 0 Å².